The molecule has 0 saturated heterocycles. The first kappa shape index (κ1) is 17.9. The largest absolute Gasteiger partial charge is 0.508 e. The normalized spacial score (nSPS) is 11.2. The maximum absolute atomic E-state index is 9.98. The van der Waals surface area contributed by atoms with Crippen molar-refractivity contribution in [2.45, 2.75) is 40.0 Å². The van der Waals surface area contributed by atoms with Gasteiger partial charge in [0.1, 0.15) is 17.8 Å². The Bertz CT molecular complexity index is 688. The van der Waals surface area contributed by atoms with Crippen molar-refractivity contribution >= 4 is 17.2 Å². The molecule has 120 valence electrons. The van der Waals surface area contributed by atoms with Crippen LogP contribution in [0.2, 0.25) is 0 Å². The second-order valence-electron chi connectivity index (χ2n) is 6.19. The molecule has 4 heteroatoms. The summed E-state index contributed by atoms with van der Waals surface area (Å²) in [6.45, 7) is 8.46. The molecule has 2 aromatic carbocycles. The van der Waals surface area contributed by atoms with Crippen LogP contribution in [0.5, 0.6) is 11.5 Å². The van der Waals surface area contributed by atoms with Crippen LogP contribution >= 0.6 is 7.72 Å². The van der Waals surface area contributed by atoms with E-state index in [4.69, 9.17) is 4.74 Å². The Hall–Kier alpha value is -1.44. The molecule has 2 aromatic rings. The topological polar surface area (TPSA) is 29.5 Å². The minimum atomic E-state index is 0.316. The van der Waals surface area contributed by atoms with Gasteiger partial charge in [0.2, 0.25) is 0 Å². The van der Waals surface area contributed by atoms with Gasteiger partial charge in [0.05, 0.1) is 9.50 Å². The smallest absolute Gasteiger partial charge is 0.124 e. The van der Waals surface area contributed by atoms with Crippen LogP contribution in [0.15, 0.2) is 30.3 Å². The zero-order valence-electron chi connectivity index (χ0n) is 14.2. The lowest BCUT2D eigenvalue weighted by Gasteiger charge is -2.15. The Balaban J connectivity index is 2.30. The minimum absolute atomic E-state index is 0.316. The highest BCUT2D eigenvalue weighted by molar-refractivity contribution is 7.44. The van der Waals surface area contributed by atoms with Gasteiger partial charge in [0, 0.05) is 0 Å². The quantitative estimate of drug-likeness (QED) is 0.585. The van der Waals surface area contributed by atoms with Crippen LogP contribution < -0.4 is 4.74 Å². The molecule has 0 atom stereocenters. The van der Waals surface area contributed by atoms with Crippen molar-refractivity contribution in [2.24, 2.45) is 0 Å². The molecule has 0 heterocycles. The highest BCUT2D eigenvalue weighted by Crippen LogP contribution is 2.29. The molecule has 0 unspecified atom stereocenters. The van der Waals surface area contributed by atoms with Crippen molar-refractivity contribution in [2.75, 3.05) is 6.35 Å². The second-order valence-corrected chi connectivity index (χ2v) is 7.71. The lowest BCUT2D eigenvalue weighted by atomic mass is 9.93. The highest BCUT2D eigenvalue weighted by atomic mass is 31.2. The zero-order valence-corrected chi connectivity index (χ0v) is 16.1. The Labute approximate surface area is 143 Å². The molecule has 0 spiro atoms. The van der Waals surface area contributed by atoms with Gasteiger partial charge in [-0.15, -0.1) is 0 Å². The third-order valence-corrected chi connectivity index (χ3v) is 4.71. The minimum Gasteiger partial charge on any atom is -0.508 e. The zero-order chi connectivity index (χ0) is 17.0. The van der Waals surface area contributed by atoms with Crippen molar-refractivity contribution in [3.63, 3.8) is 0 Å². The van der Waals surface area contributed by atoms with Gasteiger partial charge in [0.15, 0.2) is 0 Å². The number of hydrogen-bond acceptors (Lipinski definition) is 2. The van der Waals surface area contributed by atoms with E-state index in [1.807, 2.05) is 12.1 Å². The fourth-order valence-electron chi connectivity index (χ4n) is 2.80. The molecule has 0 saturated carbocycles. The predicted molar refractivity (Wildman–Crippen MR) is 99.1 cm³/mol. The van der Waals surface area contributed by atoms with Crippen LogP contribution in [0, 0.1) is 13.8 Å². The second kappa shape index (κ2) is 7.90. The number of hydrogen-bond donors (Lipinski definition) is 1. The molecule has 23 heavy (non-hydrogen) atoms. The van der Waals surface area contributed by atoms with E-state index >= 15 is 0 Å². The van der Waals surface area contributed by atoms with Crippen molar-refractivity contribution in [3.8, 4) is 11.5 Å². The van der Waals surface area contributed by atoms with Crippen LogP contribution in [0.1, 0.15) is 47.6 Å². The summed E-state index contributed by atoms with van der Waals surface area (Å²) >= 11 is 0. The molecule has 2 rings (SSSR count). The fourth-order valence-corrected chi connectivity index (χ4v) is 3.21. The Kier molecular flexibility index (Phi) is 6.15. The molecule has 0 bridgehead atoms. The average molecular weight is 342 g/mol. The first-order valence-electron chi connectivity index (χ1n) is 7.80. The average Bonchev–Trinajstić information content (AvgIpc) is 2.50. The van der Waals surface area contributed by atoms with Gasteiger partial charge < -0.3 is 9.84 Å². The molecule has 2 radical (unpaired) electrons. The lowest BCUT2D eigenvalue weighted by Crippen LogP contribution is -1.99. The summed E-state index contributed by atoms with van der Waals surface area (Å²) in [5, 5.41) is 9.98. The number of phenols is 1. The summed E-state index contributed by atoms with van der Waals surface area (Å²) in [4.78, 5) is 0. The summed E-state index contributed by atoms with van der Waals surface area (Å²) in [6, 6.07) is 10.1. The van der Waals surface area contributed by atoms with Crippen LogP contribution in [-0.2, 0) is 6.42 Å². The summed E-state index contributed by atoms with van der Waals surface area (Å²) in [6.07, 6.45) is 1.51. The number of ether oxygens (including phenoxy) is 1. The molecular formula is C19H23O2PSi. The number of benzene rings is 2. The number of rotatable bonds is 6. The van der Waals surface area contributed by atoms with Crippen molar-refractivity contribution in [3.05, 3.63) is 58.1 Å². The third-order valence-electron chi connectivity index (χ3n) is 4.06. The third kappa shape index (κ3) is 4.52. The molecule has 0 amide bonds. The van der Waals surface area contributed by atoms with Gasteiger partial charge in [0.25, 0.3) is 0 Å². The van der Waals surface area contributed by atoms with Gasteiger partial charge in [-0.1, -0.05) is 33.7 Å². The lowest BCUT2D eigenvalue weighted by molar-refractivity contribution is 0.391. The first-order chi connectivity index (χ1) is 10.9. The van der Waals surface area contributed by atoms with Gasteiger partial charge in [-0.25, -0.2) is 0 Å². The predicted octanol–water partition coefficient (Wildman–Crippen LogP) is 5.09. The molecular weight excluding hydrogens is 319 g/mol. The van der Waals surface area contributed by atoms with Crippen LogP contribution in [-0.4, -0.2) is 20.9 Å². The summed E-state index contributed by atoms with van der Waals surface area (Å²) < 4.78 is 5.69. The number of aryl methyl sites for hydroxylation is 2. The van der Waals surface area contributed by atoms with Gasteiger partial charge in [-0.05, 0) is 72.2 Å². The molecule has 0 aliphatic heterocycles. The molecule has 2 nitrogen and oxygen atoms in total. The summed E-state index contributed by atoms with van der Waals surface area (Å²) in [5.41, 5.74) is 6.04. The van der Waals surface area contributed by atoms with Crippen LogP contribution in [0.4, 0.5) is 0 Å². The monoisotopic (exact) mass is 342 g/mol. The first-order valence-corrected chi connectivity index (χ1v) is 10.2. The van der Waals surface area contributed by atoms with Gasteiger partial charge in [-0.3, -0.25) is 0 Å². The van der Waals surface area contributed by atoms with E-state index in [9.17, 15) is 5.11 Å². The van der Waals surface area contributed by atoms with E-state index in [-0.39, 0.29) is 0 Å². The van der Waals surface area contributed by atoms with Crippen molar-refractivity contribution < 1.29 is 9.84 Å². The molecule has 0 fully saturated rings. The summed E-state index contributed by atoms with van der Waals surface area (Å²) in [7, 11) is 4.44. The van der Waals surface area contributed by atoms with E-state index < -0.39 is 0 Å². The molecule has 0 aromatic heterocycles. The van der Waals surface area contributed by atoms with Crippen molar-refractivity contribution in [1.82, 2.24) is 0 Å². The SMILES string of the molecule is Cc1cc(OCP=[Si])cc(C)c1Cc1ccc(O)c(C(C)C)c1. The standard InChI is InChI=1S/C19H23O2PSi/c1-12(2)17-9-15(5-6-19(17)20)10-18-13(3)7-16(8-14(18)4)21-11-22-23/h5-9,12,20H,10-11H2,1-4H3. The van der Waals surface area contributed by atoms with Gasteiger partial charge >= 0.3 is 0 Å². The highest BCUT2D eigenvalue weighted by Gasteiger charge is 2.10. The van der Waals surface area contributed by atoms with E-state index in [1.54, 1.807) is 0 Å². The fraction of sp³-hybridized carbons (Fsp3) is 0.368. The van der Waals surface area contributed by atoms with E-state index in [1.165, 1.54) is 22.3 Å². The maximum Gasteiger partial charge on any atom is 0.124 e. The number of aromatic hydroxyl groups is 1. The Morgan fingerprint density at radius 1 is 1.13 bits per heavy atom. The molecule has 1 N–H and O–H groups in total. The van der Waals surface area contributed by atoms with E-state index in [0.29, 0.717) is 18.0 Å². The van der Waals surface area contributed by atoms with E-state index in [2.05, 4.69) is 55.4 Å². The Morgan fingerprint density at radius 2 is 1.78 bits per heavy atom. The van der Waals surface area contributed by atoms with Crippen LogP contribution in [0.25, 0.3) is 0 Å². The Morgan fingerprint density at radius 3 is 2.35 bits per heavy atom. The van der Waals surface area contributed by atoms with Crippen molar-refractivity contribution in [1.29, 1.82) is 0 Å². The molecule has 0 aliphatic rings. The summed E-state index contributed by atoms with van der Waals surface area (Å²) in [5.74, 6) is 1.62. The number of phenolic OH excluding ortho intramolecular Hbond substituents is 1. The van der Waals surface area contributed by atoms with Crippen LogP contribution in [0.3, 0.4) is 0 Å². The van der Waals surface area contributed by atoms with E-state index in [0.717, 1.165) is 25.5 Å². The van der Waals surface area contributed by atoms with Gasteiger partial charge in [-0.2, -0.15) is 0 Å². The maximum atomic E-state index is 9.98. The molecule has 0 aliphatic carbocycles.